The summed E-state index contributed by atoms with van der Waals surface area (Å²) in [7, 11) is 0. The predicted octanol–water partition coefficient (Wildman–Crippen LogP) is 6.47. The lowest BCUT2D eigenvalue weighted by atomic mass is 10.2. The first-order chi connectivity index (χ1) is 14.4. The van der Waals surface area contributed by atoms with Gasteiger partial charge in [-0.05, 0) is 72.2 Å². The number of rotatable bonds is 5. The van der Waals surface area contributed by atoms with Crippen molar-refractivity contribution in [1.29, 1.82) is 0 Å². The Balaban J connectivity index is 1.64. The molecule has 0 radical (unpaired) electrons. The van der Waals surface area contributed by atoms with Crippen molar-refractivity contribution in [2.75, 3.05) is 4.90 Å². The average Bonchev–Trinajstić information content (AvgIpc) is 3.50. The van der Waals surface area contributed by atoms with E-state index >= 15 is 0 Å². The molecule has 5 aromatic rings. The number of nitrogens with zero attached hydrogens (tertiary/aromatic N) is 4. The first-order valence-electron chi connectivity index (χ1n) is 9.35. The van der Waals surface area contributed by atoms with Crippen LogP contribution in [0, 0.1) is 0 Å². The third-order valence-electron chi connectivity index (χ3n) is 4.67. The molecular weight excluding hydrogens is 376 g/mol. The third kappa shape index (κ3) is 3.56. The summed E-state index contributed by atoms with van der Waals surface area (Å²) in [6, 6.07) is 30.9. The van der Waals surface area contributed by atoms with Gasteiger partial charge in [-0.25, -0.2) is 4.98 Å². The van der Waals surface area contributed by atoms with Crippen LogP contribution in [0.3, 0.4) is 0 Å². The van der Waals surface area contributed by atoms with Crippen LogP contribution >= 0.6 is 11.5 Å². The molecule has 140 valence electrons. The molecule has 0 spiro atoms. The van der Waals surface area contributed by atoms with E-state index in [1.165, 1.54) is 11.5 Å². The van der Waals surface area contributed by atoms with Crippen LogP contribution in [0.15, 0.2) is 109 Å². The monoisotopic (exact) mass is 394 g/mol. The number of benzene rings is 2. The van der Waals surface area contributed by atoms with E-state index in [0.29, 0.717) is 0 Å². The highest BCUT2D eigenvalue weighted by Crippen LogP contribution is 2.35. The number of anilines is 3. The van der Waals surface area contributed by atoms with Crippen molar-refractivity contribution in [2.45, 2.75) is 0 Å². The second-order valence-corrected chi connectivity index (χ2v) is 7.21. The van der Waals surface area contributed by atoms with Crippen molar-refractivity contribution in [3.8, 4) is 17.1 Å². The topological polar surface area (TPSA) is 34.0 Å². The van der Waals surface area contributed by atoms with Crippen molar-refractivity contribution in [3.63, 3.8) is 0 Å². The summed E-state index contributed by atoms with van der Waals surface area (Å²) in [6.07, 6.45) is 4.10. The molecule has 0 atom stereocenters. The molecule has 29 heavy (non-hydrogen) atoms. The lowest BCUT2D eigenvalue weighted by Crippen LogP contribution is -2.12. The highest BCUT2D eigenvalue weighted by Gasteiger charge is 2.15. The van der Waals surface area contributed by atoms with E-state index in [0.717, 1.165) is 34.3 Å². The van der Waals surface area contributed by atoms with Crippen LogP contribution in [-0.2, 0) is 0 Å². The van der Waals surface area contributed by atoms with Gasteiger partial charge in [-0.15, -0.1) is 0 Å². The van der Waals surface area contributed by atoms with Crippen molar-refractivity contribution in [1.82, 2.24) is 13.9 Å². The molecule has 0 unspecified atom stereocenters. The van der Waals surface area contributed by atoms with Crippen LogP contribution in [0.4, 0.5) is 17.2 Å². The first-order valence-corrected chi connectivity index (χ1v) is 10.2. The van der Waals surface area contributed by atoms with Gasteiger partial charge in [0.2, 0.25) is 0 Å². The second kappa shape index (κ2) is 7.73. The van der Waals surface area contributed by atoms with Gasteiger partial charge in [-0.3, -0.25) is 4.90 Å². The fourth-order valence-electron chi connectivity index (χ4n) is 3.33. The zero-order valence-electron chi connectivity index (χ0n) is 15.6. The SMILES string of the molecule is c1ccc(N(c2cccc(-n3cccc3)c2)c2cccc(-c3ccsn3)n2)cc1. The lowest BCUT2D eigenvalue weighted by Gasteiger charge is -2.25. The Labute approximate surface area is 173 Å². The molecular formula is C24H18N4S. The molecule has 0 aliphatic rings. The van der Waals surface area contributed by atoms with Gasteiger partial charge in [-0.1, -0.05) is 30.3 Å². The number of hydrogen-bond acceptors (Lipinski definition) is 4. The van der Waals surface area contributed by atoms with Gasteiger partial charge in [0.1, 0.15) is 11.5 Å². The molecule has 0 bridgehead atoms. The van der Waals surface area contributed by atoms with Gasteiger partial charge < -0.3 is 4.57 Å². The maximum atomic E-state index is 4.92. The fraction of sp³-hybridized carbons (Fsp3) is 0. The highest BCUT2D eigenvalue weighted by molar-refractivity contribution is 7.03. The molecule has 5 rings (SSSR count). The minimum Gasteiger partial charge on any atom is -0.324 e. The molecule has 0 aliphatic carbocycles. The Morgan fingerprint density at radius 1 is 0.690 bits per heavy atom. The normalized spacial score (nSPS) is 10.8. The van der Waals surface area contributed by atoms with E-state index < -0.39 is 0 Å². The van der Waals surface area contributed by atoms with Crippen LogP contribution < -0.4 is 4.90 Å². The standard InChI is InChI=1S/C24H18N4S/c1-2-8-19(9-3-1)28(21-11-6-10-20(18-21)27-15-4-5-16-27)24-13-7-12-22(25-24)23-14-17-29-26-23/h1-18H. The van der Waals surface area contributed by atoms with E-state index in [2.05, 4.69) is 50.2 Å². The second-order valence-electron chi connectivity index (χ2n) is 6.55. The molecule has 0 fully saturated rings. The van der Waals surface area contributed by atoms with Crippen molar-refractivity contribution in [2.24, 2.45) is 0 Å². The van der Waals surface area contributed by atoms with Crippen LogP contribution in [-0.4, -0.2) is 13.9 Å². The van der Waals surface area contributed by atoms with Gasteiger partial charge in [0, 0.05) is 34.8 Å². The molecule has 0 saturated heterocycles. The summed E-state index contributed by atoms with van der Waals surface area (Å²) in [4.78, 5) is 7.09. The van der Waals surface area contributed by atoms with Gasteiger partial charge in [0.05, 0.1) is 5.69 Å². The van der Waals surface area contributed by atoms with E-state index in [1.807, 2.05) is 72.4 Å². The number of pyridine rings is 1. The molecule has 0 N–H and O–H groups in total. The van der Waals surface area contributed by atoms with E-state index in [-0.39, 0.29) is 0 Å². The number of para-hydroxylation sites is 1. The smallest absolute Gasteiger partial charge is 0.138 e. The maximum absolute atomic E-state index is 4.92. The molecule has 3 aromatic heterocycles. The van der Waals surface area contributed by atoms with Crippen LogP contribution in [0.2, 0.25) is 0 Å². The average molecular weight is 395 g/mol. The van der Waals surface area contributed by atoms with Gasteiger partial charge >= 0.3 is 0 Å². The minimum absolute atomic E-state index is 0.853. The quantitative estimate of drug-likeness (QED) is 0.343. The molecule has 4 nitrogen and oxygen atoms in total. The van der Waals surface area contributed by atoms with Crippen molar-refractivity contribution >= 4 is 28.7 Å². The molecule has 0 saturated carbocycles. The van der Waals surface area contributed by atoms with Crippen LogP contribution in [0.25, 0.3) is 17.1 Å². The van der Waals surface area contributed by atoms with E-state index in [4.69, 9.17) is 4.98 Å². The molecule has 2 aromatic carbocycles. The van der Waals surface area contributed by atoms with Gasteiger partial charge in [0.15, 0.2) is 0 Å². The van der Waals surface area contributed by atoms with Crippen LogP contribution in [0.5, 0.6) is 0 Å². The largest absolute Gasteiger partial charge is 0.324 e. The summed E-state index contributed by atoms with van der Waals surface area (Å²) >= 11 is 1.44. The molecule has 5 heteroatoms. The fourth-order valence-corrected chi connectivity index (χ4v) is 3.84. The number of hydrogen-bond donors (Lipinski definition) is 0. The van der Waals surface area contributed by atoms with Crippen LogP contribution in [0.1, 0.15) is 0 Å². The zero-order chi connectivity index (χ0) is 19.5. The molecule has 0 amide bonds. The Morgan fingerprint density at radius 2 is 1.48 bits per heavy atom. The zero-order valence-corrected chi connectivity index (χ0v) is 16.4. The summed E-state index contributed by atoms with van der Waals surface area (Å²) in [5.74, 6) is 0.853. The highest BCUT2D eigenvalue weighted by atomic mass is 32.1. The molecule has 0 aliphatic heterocycles. The van der Waals surface area contributed by atoms with E-state index in [9.17, 15) is 0 Å². The first kappa shape index (κ1) is 17.4. The lowest BCUT2D eigenvalue weighted by molar-refractivity contribution is 1.07. The predicted molar refractivity (Wildman–Crippen MR) is 119 cm³/mol. The Morgan fingerprint density at radius 3 is 2.28 bits per heavy atom. The minimum atomic E-state index is 0.853. The third-order valence-corrected chi connectivity index (χ3v) is 5.23. The summed E-state index contributed by atoms with van der Waals surface area (Å²) < 4.78 is 6.54. The maximum Gasteiger partial charge on any atom is 0.138 e. The van der Waals surface area contributed by atoms with Crippen molar-refractivity contribution in [3.05, 3.63) is 109 Å². The number of aromatic nitrogens is 3. The summed E-state index contributed by atoms with van der Waals surface area (Å²) in [5.41, 5.74) is 4.96. The van der Waals surface area contributed by atoms with E-state index in [1.54, 1.807) is 0 Å². The van der Waals surface area contributed by atoms with Gasteiger partial charge in [-0.2, -0.15) is 4.37 Å². The van der Waals surface area contributed by atoms with Crippen molar-refractivity contribution < 1.29 is 0 Å². The molecule has 3 heterocycles. The summed E-state index contributed by atoms with van der Waals surface area (Å²) in [6.45, 7) is 0. The Kier molecular flexibility index (Phi) is 4.64. The summed E-state index contributed by atoms with van der Waals surface area (Å²) in [5, 5.41) is 1.97. The Bertz CT molecular complexity index is 1120. The van der Waals surface area contributed by atoms with Gasteiger partial charge in [0.25, 0.3) is 0 Å². The Hall–Kier alpha value is -3.70.